The van der Waals surface area contributed by atoms with Crippen LogP contribution in [0.15, 0.2) is 23.3 Å². The minimum atomic E-state index is -1.12. The minimum absolute atomic E-state index is 0.0158. The number of allylic oxidation sites excluding steroid dienone is 1. The molecule has 2 heterocycles. The fourth-order valence-electron chi connectivity index (χ4n) is 9.56. The number of ketones is 1. The van der Waals surface area contributed by atoms with Crippen LogP contribution in [0.25, 0.3) is 0 Å². The summed E-state index contributed by atoms with van der Waals surface area (Å²) in [5.74, 6) is 0.651. The fourth-order valence-corrected chi connectivity index (χ4v) is 9.56. The predicted molar refractivity (Wildman–Crippen MR) is 125 cm³/mol. The number of aliphatic hydroxyl groups excluding tert-OH is 1. The molecule has 4 aliphatic carbocycles. The van der Waals surface area contributed by atoms with E-state index in [0.29, 0.717) is 23.8 Å². The van der Waals surface area contributed by atoms with Gasteiger partial charge in [0.05, 0.1) is 11.5 Å². The third-order valence-electron chi connectivity index (χ3n) is 11.7. The fraction of sp³-hybridized carbons (Fsp3) is 0.786. The van der Waals surface area contributed by atoms with E-state index in [1.807, 2.05) is 20.8 Å². The zero-order valence-electron chi connectivity index (χ0n) is 21.0. The molecule has 6 aliphatic rings. The maximum atomic E-state index is 13.3. The van der Waals surface area contributed by atoms with Crippen molar-refractivity contribution in [3.8, 4) is 0 Å². The van der Waals surface area contributed by atoms with Gasteiger partial charge in [0.15, 0.2) is 5.78 Å². The maximum absolute atomic E-state index is 13.3. The molecule has 1 saturated heterocycles. The Bertz CT molecular complexity index is 1030. The first-order valence-electron chi connectivity index (χ1n) is 13.1. The minimum Gasteiger partial charge on any atom is -0.456 e. The van der Waals surface area contributed by atoms with Crippen LogP contribution in [0.2, 0.25) is 0 Å². The number of cyclic esters (lactones) is 1. The Morgan fingerprint density at radius 1 is 1.12 bits per heavy atom. The van der Waals surface area contributed by atoms with Crippen LogP contribution in [0, 0.1) is 34.5 Å². The van der Waals surface area contributed by atoms with Gasteiger partial charge in [-0.3, -0.25) is 4.79 Å². The van der Waals surface area contributed by atoms with E-state index in [1.165, 1.54) is 0 Å². The molecule has 6 rings (SSSR count). The number of aliphatic hydroxyl groups is 2. The highest BCUT2D eigenvalue weighted by Gasteiger charge is 2.80. The molecule has 0 unspecified atom stereocenters. The van der Waals surface area contributed by atoms with Gasteiger partial charge in [0.25, 0.3) is 0 Å². The van der Waals surface area contributed by atoms with Crippen molar-refractivity contribution in [3.05, 3.63) is 23.3 Å². The Kier molecular flexibility index (Phi) is 4.61. The zero-order valence-corrected chi connectivity index (χ0v) is 21.0. The molecule has 6 nitrogen and oxygen atoms in total. The number of hydrogen-bond donors (Lipinski definition) is 2. The third kappa shape index (κ3) is 2.53. The van der Waals surface area contributed by atoms with E-state index in [2.05, 4.69) is 6.92 Å². The van der Waals surface area contributed by atoms with E-state index in [-0.39, 0.29) is 35.1 Å². The quantitative estimate of drug-likeness (QED) is 0.474. The topological polar surface area (TPSA) is 96.4 Å². The van der Waals surface area contributed by atoms with Crippen molar-refractivity contribution in [3.63, 3.8) is 0 Å². The van der Waals surface area contributed by atoms with E-state index in [1.54, 1.807) is 19.1 Å². The van der Waals surface area contributed by atoms with E-state index in [0.717, 1.165) is 37.7 Å². The van der Waals surface area contributed by atoms with Gasteiger partial charge in [-0.2, -0.15) is 0 Å². The van der Waals surface area contributed by atoms with Crippen molar-refractivity contribution in [1.29, 1.82) is 0 Å². The molecule has 0 aromatic rings. The van der Waals surface area contributed by atoms with Crippen LogP contribution in [0.1, 0.15) is 73.1 Å². The highest BCUT2D eigenvalue weighted by atomic mass is 16.6. The molecule has 2 aliphatic heterocycles. The van der Waals surface area contributed by atoms with Gasteiger partial charge < -0.3 is 19.7 Å². The Hall–Kier alpha value is -1.50. The normalized spacial score (nSPS) is 53.3. The molecule has 0 bridgehead atoms. The number of fused-ring (bicyclic) bond motifs is 4. The van der Waals surface area contributed by atoms with Crippen molar-refractivity contribution in [2.75, 3.05) is 0 Å². The van der Waals surface area contributed by atoms with Gasteiger partial charge in [0.1, 0.15) is 23.4 Å². The van der Waals surface area contributed by atoms with Crippen LogP contribution >= 0.6 is 0 Å². The van der Waals surface area contributed by atoms with E-state index >= 15 is 0 Å². The van der Waals surface area contributed by atoms with Crippen LogP contribution in [0.5, 0.6) is 0 Å². The number of ether oxygens (including phenoxy) is 2. The molecular formula is C28H38O6. The average molecular weight is 471 g/mol. The highest BCUT2D eigenvalue weighted by molar-refractivity contribution is 5.98. The third-order valence-corrected chi connectivity index (χ3v) is 11.7. The van der Waals surface area contributed by atoms with Crippen molar-refractivity contribution in [1.82, 2.24) is 0 Å². The number of epoxide rings is 1. The second-order valence-electron chi connectivity index (χ2n) is 12.8. The van der Waals surface area contributed by atoms with Crippen LogP contribution in [-0.4, -0.2) is 51.5 Å². The highest BCUT2D eigenvalue weighted by Crippen LogP contribution is 2.73. The molecule has 3 saturated carbocycles. The van der Waals surface area contributed by atoms with Gasteiger partial charge in [0, 0.05) is 12.0 Å². The molecule has 11 atom stereocenters. The summed E-state index contributed by atoms with van der Waals surface area (Å²) < 4.78 is 12.0. The largest absolute Gasteiger partial charge is 0.456 e. The molecule has 2 N–H and O–H groups in total. The van der Waals surface area contributed by atoms with Gasteiger partial charge in [-0.25, -0.2) is 4.79 Å². The second-order valence-corrected chi connectivity index (χ2v) is 12.8. The molecule has 1 spiro atoms. The molecule has 6 heteroatoms. The monoisotopic (exact) mass is 470 g/mol. The number of hydrogen-bond acceptors (Lipinski definition) is 6. The van der Waals surface area contributed by atoms with Crippen molar-refractivity contribution < 1.29 is 29.3 Å². The standard InChI is InChI=1S/C28H38O6/c1-14-12-22(33-24(31)15(14)2)27(5,32)19-7-6-17-16-13-23-28(34-23)21(30)9-8-20(29)26(28,4)18(16)10-11-25(17,19)3/h8-9,16-19,21-23,30,32H,6-7,10-13H2,1-5H3/t16-,17-,18-,19-,21-,22+,23+,25+,26-,27+,28+/m0/s1. The summed E-state index contributed by atoms with van der Waals surface area (Å²) >= 11 is 0. The summed E-state index contributed by atoms with van der Waals surface area (Å²) in [4.78, 5) is 25.7. The predicted octanol–water partition coefficient (Wildman–Crippen LogP) is 3.50. The Labute approximate surface area is 201 Å². The lowest BCUT2D eigenvalue weighted by Gasteiger charge is -2.59. The summed E-state index contributed by atoms with van der Waals surface area (Å²) in [5.41, 5.74) is -1.02. The first-order valence-corrected chi connectivity index (χ1v) is 13.1. The van der Waals surface area contributed by atoms with Gasteiger partial charge in [-0.05, 0) is 101 Å². The number of carbonyl (C=O) groups excluding carboxylic acids is 2. The lowest BCUT2D eigenvalue weighted by molar-refractivity contribution is -0.184. The number of esters is 1. The molecule has 0 aromatic heterocycles. The van der Waals surface area contributed by atoms with E-state index < -0.39 is 28.8 Å². The van der Waals surface area contributed by atoms with Gasteiger partial charge in [-0.1, -0.05) is 12.5 Å². The molecule has 0 amide bonds. The first kappa shape index (κ1) is 22.9. The summed E-state index contributed by atoms with van der Waals surface area (Å²) in [5, 5.41) is 22.7. The maximum Gasteiger partial charge on any atom is 0.334 e. The molecular weight excluding hydrogens is 432 g/mol. The number of rotatable bonds is 2. The summed E-state index contributed by atoms with van der Waals surface area (Å²) in [7, 11) is 0. The average Bonchev–Trinajstić information content (AvgIpc) is 3.40. The summed E-state index contributed by atoms with van der Waals surface area (Å²) in [6, 6.07) is 0. The SMILES string of the molecule is CC1=C(C)C(=O)O[C@@H]([C@](C)(O)[C@H]2CC[C@H]3[C@@H]4C[C@H]5O[C@]56[C@@H](O)C=CC(=O)[C@]6(C)[C@H]4CC[C@@]23C)C1. The Morgan fingerprint density at radius 2 is 1.85 bits per heavy atom. The van der Waals surface area contributed by atoms with Gasteiger partial charge in [0.2, 0.25) is 0 Å². The molecule has 34 heavy (non-hydrogen) atoms. The number of carbonyl (C=O) groups is 2. The Morgan fingerprint density at radius 3 is 2.56 bits per heavy atom. The van der Waals surface area contributed by atoms with Crippen molar-refractivity contribution in [2.45, 2.75) is 103 Å². The molecule has 0 aromatic carbocycles. The van der Waals surface area contributed by atoms with Gasteiger partial charge >= 0.3 is 5.97 Å². The lowest BCUT2D eigenvalue weighted by atomic mass is 9.44. The van der Waals surface area contributed by atoms with E-state index in [4.69, 9.17) is 9.47 Å². The van der Waals surface area contributed by atoms with Crippen LogP contribution < -0.4 is 0 Å². The van der Waals surface area contributed by atoms with Gasteiger partial charge in [-0.15, -0.1) is 0 Å². The summed E-state index contributed by atoms with van der Waals surface area (Å²) in [6.07, 6.45) is 6.96. The van der Waals surface area contributed by atoms with Crippen molar-refractivity contribution in [2.24, 2.45) is 34.5 Å². The molecule has 186 valence electrons. The second kappa shape index (κ2) is 6.83. The Balaban J connectivity index is 1.31. The van der Waals surface area contributed by atoms with Crippen molar-refractivity contribution >= 4 is 11.8 Å². The first-order chi connectivity index (χ1) is 15.9. The zero-order chi connectivity index (χ0) is 24.4. The lowest BCUT2D eigenvalue weighted by Crippen LogP contribution is -2.64. The van der Waals surface area contributed by atoms with Crippen LogP contribution in [0.3, 0.4) is 0 Å². The summed E-state index contributed by atoms with van der Waals surface area (Å²) in [6.45, 7) is 9.96. The molecule has 4 fully saturated rings. The smallest absolute Gasteiger partial charge is 0.334 e. The molecule has 0 radical (unpaired) electrons. The van der Waals surface area contributed by atoms with Crippen LogP contribution in [0.4, 0.5) is 0 Å². The van der Waals surface area contributed by atoms with E-state index in [9.17, 15) is 19.8 Å². The van der Waals surface area contributed by atoms with Crippen LogP contribution in [-0.2, 0) is 19.1 Å².